The summed E-state index contributed by atoms with van der Waals surface area (Å²) in [5, 5.41) is 0. The van der Waals surface area contributed by atoms with Crippen LogP contribution in [0.4, 0.5) is 0 Å². The minimum Gasteiger partial charge on any atom is -0.497 e. The number of rotatable bonds is 4. The van der Waals surface area contributed by atoms with Crippen molar-refractivity contribution in [2.75, 3.05) is 13.7 Å². The fourth-order valence-corrected chi connectivity index (χ4v) is 2.91. The maximum atomic E-state index is 12.4. The number of ether oxygens (including phenoxy) is 1. The van der Waals surface area contributed by atoms with Gasteiger partial charge in [-0.2, -0.15) is 0 Å². The van der Waals surface area contributed by atoms with Crippen molar-refractivity contribution in [1.29, 1.82) is 0 Å². The highest BCUT2D eigenvalue weighted by molar-refractivity contribution is 5.76. The van der Waals surface area contributed by atoms with Crippen LogP contribution < -0.4 is 4.74 Å². The molecule has 1 aliphatic rings. The van der Waals surface area contributed by atoms with Gasteiger partial charge in [-0.25, -0.2) is 0 Å². The molecule has 1 heterocycles. The molecule has 22 heavy (non-hydrogen) atoms. The van der Waals surface area contributed by atoms with Gasteiger partial charge in [0, 0.05) is 19.5 Å². The summed E-state index contributed by atoms with van der Waals surface area (Å²) in [5.74, 6) is 1.09. The van der Waals surface area contributed by atoms with Gasteiger partial charge in [-0.05, 0) is 41.7 Å². The number of amides is 1. The fraction of sp³-hybridized carbons (Fsp3) is 0.316. The van der Waals surface area contributed by atoms with Crippen LogP contribution in [-0.4, -0.2) is 24.5 Å². The lowest BCUT2D eigenvalue weighted by molar-refractivity contribution is -0.132. The van der Waals surface area contributed by atoms with E-state index in [0.717, 1.165) is 31.7 Å². The van der Waals surface area contributed by atoms with E-state index >= 15 is 0 Å². The van der Waals surface area contributed by atoms with Crippen LogP contribution in [0, 0.1) is 0 Å². The smallest absolute Gasteiger partial charge is 0.223 e. The van der Waals surface area contributed by atoms with E-state index in [2.05, 4.69) is 18.2 Å². The lowest BCUT2D eigenvalue weighted by atomic mass is 9.99. The Morgan fingerprint density at radius 2 is 1.82 bits per heavy atom. The second-order valence-corrected chi connectivity index (χ2v) is 5.68. The highest BCUT2D eigenvalue weighted by atomic mass is 16.5. The third kappa shape index (κ3) is 3.30. The van der Waals surface area contributed by atoms with Crippen LogP contribution in [0.3, 0.4) is 0 Å². The van der Waals surface area contributed by atoms with Gasteiger partial charge in [0.05, 0.1) is 7.11 Å². The van der Waals surface area contributed by atoms with E-state index in [1.807, 2.05) is 35.2 Å². The van der Waals surface area contributed by atoms with E-state index in [-0.39, 0.29) is 5.91 Å². The Morgan fingerprint density at radius 3 is 2.55 bits per heavy atom. The lowest BCUT2D eigenvalue weighted by Crippen LogP contribution is -2.36. The van der Waals surface area contributed by atoms with Crippen molar-refractivity contribution in [2.45, 2.75) is 25.8 Å². The first-order valence-electron chi connectivity index (χ1n) is 7.74. The Bertz CT molecular complexity index is 649. The molecule has 1 aliphatic heterocycles. The van der Waals surface area contributed by atoms with Crippen LogP contribution in [0.25, 0.3) is 0 Å². The van der Waals surface area contributed by atoms with Crippen molar-refractivity contribution < 1.29 is 9.53 Å². The van der Waals surface area contributed by atoms with Gasteiger partial charge < -0.3 is 9.64 Å². The van der Waals surface area contributed by atoms with Crippen LogP contribution >= 0.6 is 0 Å². The molecule has 3 nitrogen and oxygen atoms in total. The van der Waals surface area contributed by atoms with E-state index < -0.39 is 0 Å². The summed E-state index contributed by atoms with van der Waals surface area (Å²) in [4.78, 5) is 14.4. The highest BCUT2D eigenvalue weighted by Gasteiger charge is 2.19. The number of benzene rings is 2. The van der Waals surface area contributed by atoms with E-state index in [0.29, 0.717) is 6.42 Å². The standard InChI is InChI=1S/C19H21NO2/c1-22-18-9-6-15(7-10-18)8-11-19(21)20-13-12-16-4-2-3-5-17(16)14-20/h2-7,9-10H,8,11-14H2,1H3. The Hall–Kier alpha value is -2.29. The topological polar surface area (TPSA) is 29.5 Å². The van der Waals surface area contributed by atoms with Crippen molar-refractivity contribution in [3.8, 4) is 5.75 Å². The van der Waals surface area contributed by atoms with E-state index in [4.69, 9.17) is 4.74 Å². The molecule has 2 aromatic carbocycles. The molecule has 0 saturated carbocycles. The molecule has 0 atom stereocenters. The predicted octanol–water partition coefficient (Wildman–Crippen LogP) is 3.21. The number of nitrogens with zero attached hydrogens (tertiary/aromatic N) is 1. The molecule has 0 N–H and O–H groups in total. The SMILES string of the molecule is COc1ccc(CCC(=O)N2CCc3ccccc3C2)cc1. The summed E-state index contributed by atoms with van der Waals surface area (Å²) < 4.78 is 5.15. The Labute approximate surface area is 131 Å². The minimum atomic E-state index is 0.241. The molecule has 3 heteroatoms. The van der Waals surface area contributed by atoms with Gasteiger partial charge in [-0.1, -0.05) is 36.4 Å². The van der Waals surface area contributed by atoms with Crippen molar-refractivity contribution in [3.63, 3.8) is 0 Å². The van der Waals surface area contributed by atoms with Crippen LogP contribution in [0.15, 0.2) is 48.5 Å². The van der Waals surface area contributed by atoms with Crippen LogP contribution in [0.5, 0.6) is 5.75 Å². The average molecular weight is 295 g/mol. The number of hydrogen-bond acceptors (Lipinski definition) is 2. The van der Waals surface area contributed by atoms with E-state index in [9.17, 15) is 4.79 Å². The second kappa shape index (κ2) is 6.65. The third-order valence-electron chi connectivity index (χ3n) is 4.27. The lowest BCUT2D eigenvalue weighted by Gasteiger charge is -2.29. The molecule has 1 amide bonds. The molecule has 0 fully saturated rings. The van der Waals surface area contributed by atoms with Gasteiger partial charge in [0.15, 0.2) is 0 Å². The van der Waals surface area contributed by atoms with E-state index in [1.54, 1.807) is 7.11 Å². The van der Waals surface area contributed by atoms with Gasteiger partial charge in [-0.3, -0.25) is 4.79 Å². The first-order chi connectivity index (χ1) is 10.8. The zero-order chi connectivity index (χ0) is 15.4. The maximum Gasteiger partial charge on any atom is 0.223 e. The van der Waals surface area contributed by atoms with E-state index in [1.165, 1.54) is 16.7 Å². The van der Waals surface area contributed by atoms with Crippen LogP contribution in [0.2, 0.25) is 0 Å². The molecule has 3 rings (SSSR count). The number of hydrogen-bond donors (Lipinski definition) is 0. The predicted molar refractivity (Wildman–Crippen MR) is 86.9 cm³/mol. The normalized spacial score (nSPS) is 13.6. The largest absolute Gasteiger partial charge is 0.497 e. The first-order valence-corrected chi connectivity index (χ1v) is 7.74. The molecule has 0 aliphatic carbocycles. The van der Waals surface area contributed by atoms with Crippen molar-refractivity contribution >= 4 is 5.91 Å². The maximum absolute atomic E-state index is 12.4. The average Bonchev–Trinajstić information content (AvgIpc) is 2.59. The minimum absolute atomic E-state index is 0.241. The van der Waals surface area contributed by atoms with Gasteiger partial charge in [0.2, 0.25) is 5.91 Å². The Kier molecular flexibility index (Phi) is 4.42. The molecule has 0 bridgehead atoms. The molecule has 114 valence electrons. The summed E-state index contributed by atoms with van der Waals surface area (Å²) in [6.45, 7) is 1.58. The molecular weight excluding hydrogens is 274 g/mol. The Morgan fingerprint density at radius 1 is 1.09 bits per heavy atom. The summed E-state index contributed by atoms with van der Waals surface area (Å²) in [5.41, 5.74) is 3.83. The van der Waals surface area contributed by atoms with Crippen LogP contribution in [0.1, 0.15) is 23.1 Å². The summed E-state index contributed by atoms with van der Waals surface area (Å²) in [6.07, 6.45) is 2.31. The monoisotopic (exact) mass is 295 g/mol. The van der Waals surface area contributed by atoms with Gasteiger partial charge in [-0.15, -0.1) is 0 Å². The van der Waals surface area contributed by atoms with Gasteiger partial charge in [0.25, 0.3) is 0 Å². The number of carbonyl (C=O) groups is 1. The summed E-state index contributed by atoms with van der Waals surface area (Å²) in [6, 6.07) is 16.3. The summed E-state index contributed by atoms with van der Waals surface area (Å²) in [7, 11) is 1.66. The molecule has 0 saturated heterocycles. The number of carbonyl (C=O) groups excluding carboxylic acids is 1. The quantitative estimate of drug-likeness (QED) is 0.867. The Balaban J connectivity index is 1.56. The zero-order valence-corrected chi connectivity index (χ0v) is 12.9. The van der Waals surface area contributed by atoms with Crippen molar-refractivity contribution in [3.05, 3.63) is 65.2 Å². The van der Waals surface area contributed by atoms with Gasteiger partial charge in [0.1, 0.15) is 5.75 Å². The molecule has 0 radical (unpaired) electrons. The first kappa shape index (κ1) is 14.6. The molecular formula is C19H21NO2. The molecule has 0 unspecified atom stereocenters. The second-order valence-electron chi connectivity index (χ2n) is 5.68. The third-order valence-corrected chi connectivity index (χ3v) is 4.27. The summed E-state index contributed by atoms with van der Waals surface area (Å²) >= 11 is 0. The number of aryl methyl sites for hydroxylation is 1. The highest BCUT2D eigenvalue weighted by Crippen LogP contribution is 2.20. The molecule has 2 aromatic rings. The van der Waals surface area contributed by atoms with Gasteiger partial charge >= 0.3 is 0 Å². The zero-order valence-electron chi connectivity index (χ0n) is 12.9. The van der Waals surface area contributed by atoms with Crippen LogP contribution in [-0.2, 0) is 24.2 Å². The number of fused-ring (bicyclic) bond motifs is 1. The molecule has 0 aromatic heterocycles. The van der Waals surface area contributed by atoms with Crippen molar-refractivity contribution in [2.24, 2.45) is 0 Å². The fourth-order valence-electron chi connectivity index (χ4n) is 2.91. The van der Waals surface area contributed by atoms with Crippen molar-refractivity contribution in [1.82, 2.24) is 4.90 Å². The number of methoxy groups -OCH3 is 1. The molecule has 0 spiro atoms.